The monoisotopic (exact) mass is 575 g/mol. The highest BCUT2D eigenvalue weighted by Crippen LogP contribution is 2.17. The fraction of sp³-hybridized carbons (Fsp3) is 0.950. The van der Waals surface area contributed by atoms with Gasteiger partial charge < -0.3 is 19.7 Å². The summed E-state index contributed by atoms with van der Waals surface area (Å²) in [6.45, 7) is 12.7. The first-order valence-electron chi connectivity index (χ1n) is 11.2. The van der Waals surface area contributed by atoms with E-state index in [1.165, 1.54) is 6.42 Å². The summed E-state index contributed by atoms with van der Waals surface area (Å²) in [6.07, 6.45) is 2.41. The highest BCUT2D eigenvalue weighted by Gasteiger charge is 2.29. The Bertz CT molecular complexity index is 627. The highest BCUT2D eigenvalue weighted by molar-refractivity contribution is 14.0. The Morgan fingerprint density at radius 2 is 1.87 bits per heavy atom. The molecule has 184 valence electrons. The molecule has 0 aliphatic carbocycles. The molecule has 1 N–H and O–H groups in total. The third kappa shape index (κ3) is 9.66. The molecular weight excluding hydrogens is 533 g/mol. The summed E-state index contributed by atoms with van der Waals surface area (Å²) >= 11 is 0. The summed E-state index contributed by atoms with van der Waals surface area (Å²) in [5.74, 6) is 0.925. The first-order valence-corrected chi connectivity index (χ1v) is 12.8. The molecule has 0 saturated carbocycles. The van der Waals surface area contributed by atoms with Gasteiger partial charge >= 0.3 is 0 Å². The molecule has 0 aromatic heterocycles. The van der Waals surface area contributed by atoms with Crippen LogP contribution in [-0.4, -0.2) is 119 Å². The number of halogens is 1. The van der Waals surface area contributed by atoms with E-state index in [1.807, 2.05) is 13.8 Å². The van der Waals surface area contributed by atoms with Gasteiger partial charge in [-0.25, -0.2) is 8.42 Å². The molecule has 0 spiro atoms. The second kappa shape index (κ2) is 14.8. The van der Waals surface area contributed by atoms with Crippen molar-refractivity contribution in [3.63, 3.8) is 0 Å². The normalized spacial score (nSPS) is 21.5. The van der Waals surface area contributed by atoms with E-state index in [0.29, 0.717) is 32.2 Å². The lowest BCUT2D eigenvalue weighted by atomic mass is 10.2. The number of ether oxygens (including phenoxy) is 2. The van der Waals surface area contributed by atoms with Crippen molar-refractivity contribution in [2.24, 2.45) is 4.99 Å². The third-order valence-electron chi connectivity index (χ3n) is 5.59. The van der Waals surface area contributed by atoms with Crippen LogP contribution in [0.2, 0.25) is 0 Å². The van der Waals surface area contributed by atoms with Gasteiger partial charge in [0.2, 0.25) is 10.0 Å². The number of nitrogens with one attached hydrogen (secondary N) is 1. The van der Waals surface area contributed by atoms with Crippen LogP contribution in [0.15, 0.2) is 4.99 Å². The van der Waals surface area contributed by atoms with Gasteiger partial charge in [0.15, 0.2) is 5.96 Å². The number of sulfonamides is 1. The maximum atomic E-state index is 12.6. The van der Waals surface area contributed by atoms with Crippen LogP contribution in [-0.2, 0) is 19.5 Å². The van der Waals surface area contributed by atoms with Crippen LogP contribution in [0.25, 0.3) is 0 Å². The molecule has 0 bridgehead atoms. The largest absolute Gasteiger partial charge is 0.383 e. The molecule has 2 saturated heterocycles. The van der Waals surface area contributed by atoms with E-state index < -0.39 is 10.0 Å². The molecule has 0 amide bonds. The molecule has 31 heavy (non-hydrogen) atoms. The van der Waals surface area contributed by atoms with E-state index >= 15 is 0 Å². The van der Waals surface area contributed by atoms with Crippen molar-refractivity contribution in [1.29, 1.82) is 0 Å². The number of piperazine rings is 1. The quantitative estimate of drug-likeness (QED) is 0.224. The molecule has 1 atom stereocenters. The fourth-order valence-corrected chi connectivity index (χ4v) is 5.20. The first kappa shape index (κ1) is 28.8. The molecule has 9 nitrogen and oxygen atoms in total. The van der Waals surface area contributed by atoms with Gasteiger partial charge in [-0.3, -0.25) is 9.89 Å². The van der Waals surface area contributed by atoms with E-state index in [4.69, 9.17) is 14.5 Å². The maximum absolute atomic E-state index is 12.6. The van der Waals surface area contributed by atoms with Crippen LogP contribution >= 0.6 is 24.0 Å². The van der Waals surface area contributed by atoms with Crippen molar-refractivity contribution in [3.8, 4) is 0 Å². The average molecular weight is 576 g/mol. The molecule has 2 fully saturated rings. The Labute approximate surface area is 206 Å². The molecule has 1 unspecified atom stereocenters. The van der Waals surface area contributed by atoms with Crippen LogP contribution in [0.3, 0.4) is 0 Å². The molecule has 0 aromatic carbocycles. The molecule has 11 heteroatoms. The Morgan fingerprint density at radius 1 is 1.16 bits per heavy atom. The third-order valence-corrected chi connectivity index (χ3v) is 7.43. The van der Waals surface area contributed by atoms with E-state index in [0.717, 1.165) is 45.2 Å². The van der Waals surface area contributed by atoms with Crippen molar-refractivity contribution < 1.29 is 17.9 Å². The smallest absolute Gasteiger partial charge is 0.216 e. The summed E-state index contributed by atoms with van der Waals surface area (Å²) in [5.41, 5.74) is 0. The zero-order valence-electron chi connectivity index (χ0n) is 19.6. The first-order chi connectivity index (χ1) is 14.4. The van der Waals surface area contributed by atoms with Gasteiger partial charge in [0, 0.05) is 52.4 Å². The number of methoxy groups -OCH3 is 1. The second-order valence-corrected chi connectivity index (χ2v) is 10.2. The summed E-state index contributed by atoms with van der Waals surface area (Å²) < 4.78 is 37.3. The lowest BCUT2D eigenvalue weighted by Gasteiger charge is -2.36. The van der Waals surface area contributed by atoms with Gasteiger partial charge in [0.1, 0.15) is 0 Å². The minimum absolute atomic E-state index is 0. The number of aliphatic imine (C=N–C) groups is 1. The van der Waals surface area contributed by atoms with E-state index in [1.54, 1.807) is 11.4 Å². The van der Waals surface area contributed by atoms with E-state index in [2.05, 4.69) is 22.0 Å². The fourth-order valence-electron chi connectivity index (χ4n) is 3.92. The summed E-state index contributed by atoms with van der Waals surface area (Å²) in [4.78, 5) is 9.53. The van der Waals surface area contributed by atoms with Gasteiger partial charge in [-0.1, -0.05) is 0 Å². The Kier molecular flexibility index (Phi) is 13.8. The summed E-state index contributed by atoms with van der Waals surface area (Å²) in [7, 11) is -1.54. The standard InChI is InChI=1S/C20H41N5O4S.HI/c1-5-21-20(22-17-19-7-6-8-23(19)13-14-28-4)24-9-11-25(12-10-24)30(26,27)16-15-29-18(2)3;/h18-19H,5-17H2,1-4H3,(H,21,22);1H. The van der Waals surface area contributed by atoms with Crippen molar-refractivity contribution in [1.82, 2.24) is 19.4 Å². The topological polar surface area (TPSA) is 86.7 Å². The number of hydrogen-bond donors (Lipinski definition) is 1. The molecule has 2 aliphatic heterocycles. The number of guanidine groups is 1. The maximum Gasteiger partial charge on any atom is 0.216 e. The van der Waals surface area contributed by atoms with Crippen LogP contribution < -0.4 is 5.32 Å². The summed E-state index contributed by atoms with van der Waals surface area (Å²) in [6, 6.07) is 0.455. The van der Waals surface area contributed by atoms with Crippen LogP contribution in [0, 0.1) is 0 Å². The molecule has 2 aliphatic rings. The molecule has 2 heterocycles. The van der Waals surface area contributed by atoms with Crippen LogP contribution in [0.1, 0.15) is 33.6 Å². The molecule has 0 radical (unpaired) electrons. The number of hydrogen-bond acceptors (Lipinski definition) is 6. The van der Waals surface area contributed by atoms with E-state index in [-0.39, 0.29) is 42.4 Å². The highest BCUT2D eigenvalue weighted by atomic mass is 127. The molecular formula is C20H42IN5O4S. The summed E-state index contributed by atoms with van der Waals surface area (Å²) in [5, 5.41) is 3.38. The molecule has 2 rings (SSSR count). The molecule has 0 aromatic rings. The number of nitrogens with zero attached hydrogens (tertiary/aromatic N) is 4. The minimum Gasteiger partial charge on any atom is -0.383 e. The Morgan fingerprint density at radius 3 is 2.48 bits per heavy atom. The van der Waals surface area contributed by atoms with E-state index in [9.17, 15) is 8.42 Å². The predicted molar refractivity (Wildman–Crippen MR) is 136 cm³/mol. The average Bonchev–Trinajstić information content (AvgIpc) is 3.16. The zero-order chi connectivity index (χ0) is 22.0. The van der Waals surface area contributed by atoms with Gasteiger partial charge in [0.25, 0.3) is 0 Å². The van der Waals surface area contributed by atoms with Crippen molar-refractivity contribution >= 4 is 40.0 Å². The Balaban J connectivity index is 0.00000480. The minimum atomic E-state index is -3.28. The lowest BCUT2D eigenvalue weighted by Crippen LogP contribution is -2.54. The lowest BCUT2D eigenvalue weighted by molar-refractivity contribution is 0.0904. The number of likely N-dealkylation sites (tertiary alicyclic amines) is 1. The second-order valence-electron chi connectivity index (χ2n) is 8.14. The number of rotatable bonds is 11. The van der Waals surface area contributed by atoms with Crippen molar-refractivity contribution in [3.05, 3.63) is 0 Å². The van der Waals surface area contributed by atoms with Crippen LogP contribution in [0.4, 0.5) is 0 Å². The van der Waals surface area contributed by atoms with Gasteiger partial charge in [-0.05, 0) is 40.2 Å². The van der Waals surface area contributed by atoms with Gasteiger partial charge in [-0.15, -0.1) is 24.0 Å². The van der Waals surface area contributed by atoms with Crippen LogP contribution in [0.5, 0.6) is 0 Å². The predicted octanol–water partition coefficient (Wildman–Crippen LogP) is 1.05. The van der Waals surface area contributed by atoms with Gasteiger partial charge in [-0.2, -0.15) is 4.31 Å². The van der Waals surface area contributed by atoms with Gasteiger partial charge in [0.05, 0.1) is 31.6 Å². The SMILES string of the molecule is CCNC(=NCC1CCCN1CCOC)N1CCN(S(=O)(=O)CCOC(C)C)CC1.I. The zero-order valence-corrected chi connectivity index (χ0v) is 22.7. The van der Waals surface area contributed by atoms with Crippen molar-refractivity contribution in [2.75, 3.05) is 78.4 Å². The van der Waals surface area contributed by atoms with Crippen molar-refractivity contribution in [2.45, 2.75) is 45.8 Å². The Hall–Kier alpha value is -0.210.